The molecular formula is C29H26Cl3NO4. The number of aliphatic hydroxyl groups excluding tert-OH is 1. The summed E-state index contributed by atoms with van der Waals surface area (Å²) in [4.78, 5) is 11.9. The van der Waals surface area contributed by atoms with E-state index >= 15 is 0 Å². The molecule has 0 bridgehead atoms. The van der Waals surface area contributed by atoms with Gasteiger partial charge in [0.2, 0.25) is 0 Å². The van der Waals surface area contributed by atoms with Crippen molar-refractivity contribution in [3.63, 3.8) is 0 Å². The first-order valence-electron chi connectivity index (χ1n) is 11.7. The fraction of sp³-hybridized carbons (Fsp3) is 0.207. The lowest BCUT2D eigenvalue weighted by atomic mass is 9.95. The number of ether oxygens (including phenoxy) is 2. The molecule has 0 aliphatic carbocycles. The summed E-state index contributed by atoms with van der Waals surface area (Å²) in [5.74, 6) is -1.68. The number of ketones is 1. The molecule has 3 aromatic carbocycles. The zero-order valence-corrected chi connectivity index (χ0v) is 22.5. The van der Waals surface area contributed by atoms with Crippen molar-refractivity contribution in [2.24, 2.45) is 5.92 Å². The average molecular weight is 559 g/mol. The van der Waals surface area contributed by atoms with Crippen molar-refractivity contribution in [2.45, 2.75) is 32.3 Å². The molecule has 3 atom stereocenters. The van der Waals surface area contributed by atoms with E-state index in [0.717, 1.165) is 11.1 Å². The molecule has 3 unspecified atom stereocenters. The van der Waals surface area contributed by atoms with Crippen molar-refractivity contribution >= 4 is 40.6 Å². The Balaban J connectivity index is 1.77. The van der Waals surface area contributed by atoms with E-state index in [0.29, 0.717) is 15.8 Å². The Morgan fingerprint density at radius 1 is 0.892 bits per heavy atom. The van der Waals surface area contributed by atoms with E-state index in [1.807, 2.05) is 36.4 Å². The van der Waals surface area contributed by atoms with Crippen LogP contribution in [0.15, 0.2) is 91.3 Å². The number of nitrogens with zero attached hydrogens (tertiary/aromatic N) is 1. The van der Waals surface area contributed by atoms with E-state index < -0.39 is 17.9 Å². The van der Waals surface area contributed by atoms with Gasteiger partial charge < -0.3 is 19.4 Å². The quantitative estimate of drug-likeness (QED) is 0.201. The van der Waals surface area contributed by atoms with Crippen LogP contribution in [0.25, 0.3) is 11.1 Å². The highest BCUT2D eigenvalue weighted by atomic mass is 35.5. The maximum absolute atomic E-state index is 11.9. The highest BCUT2D eigenvalue weighted by Gasteiger charge is 2.48. The molecule has 5 nitrogen and oxygen atoms in total. The van der Waals surface area contributed by atoms with Crippen LogP contribution in [0.4, 0.5) is 0 Å². The molecule has 0 amide bonds. The standard InChI is InChI=1S/C29H26Cl3NO4/c1-19(17-20(2)34)28(35)29(33-15-3-4-16-33,37-27-14-11-24(31)18-26(27)32)36-25-12-7-22(8-13-25)21-5-9-23(30)10-6-21/h3-16,18-19,28,35H,17H2,1-2H3. The van der Waals surface area contributed by atoms with Crippen LogP contribution in [-0.4, -0.2) is 21.6 Å². The largest absolute Gasteiger partial charge is 0.433 e. The van der Waals surface area contributed by atoms with Crippen molar-refractivity contribution < 1.29 is 19.4 Å². The van der Waals surface area contributed by atoms with Crippen LogP contribution >= 0.6 is 34.8 Å². The maximum Gasteiger partial charge on any atom is 0.369 e. The Bertz CT molecular complexity index is 1340. The predicted molar refractivity (Wildman–Crippen MR) is 147 cm³/mol. The lowest BCUT2D eigenvalue weighted by molar-refractivity contribution is -0.258. The Morgan fingerprint density at radius 2 is 1.46 bits per heavy atom. The summed E-state index contributed by atoms with van der Waals surface area (Å²) in [7, 11) is 0. The molecule has 8 heteroatoms. The second-order valence-electron chi connectivity index (χ2n) is 8.86. The van der Waals surface area contributed by atoms with E-state index in [4.69, 9.17) is 44.3 Å². The van der Waals surface area contributed by atoms with E-state index in [9.17, 15) is 9.90 Å². The lowest BCUT2D eigenvalue weighted by Crippen LogP contribution is -2.56. The Hall–Kier alpha value is -2.96. The van der Waals surface area contributed by atoms with Gasteiger partial charge in [0.05, 0.1) is 5.02 Å². The van der Waals surface area contributed by atoms with Gasteiger partial charge in [-0.2, -0.15) is 0 Å². The molecule has 1 heterocycles. The number of carbonyl (C=O) groups is 1. The Kier molecular flexibility index (Phi) is 8.50. The fourth-order valence-electron chi connectivity index (χ4n) is 4.11. The highest BCUT2D eigenvalue weighted by Crippen LogP contribution is 2.38. The van der Waals surface area contributed by atoms with E-state index in [2.05, 4.69) is 0 Å². The minimum atomic E-state index is -1.79. The molecule has 0 aliphatic rings. The van der Waals surface area contributed by atoms with Crippen molar-refractivity contribution in [3.8, 4) is 22.6 Å². The van der Waals surface area contributed by atoms with Gasteiger partial charge in [-0.05, 0) is 78.6 Å². The number of rotatable bonds is 10. The first kappa shape index (κ1) is 27.1. The fourth-order valence-corrected chi connectivity index (χ4v) is 4.68. The number of halogens is 3. The number of aromatic nitrogens is 1. The van der Waals surface area contributed by atoms with Crippen molar-refractivity contribution in [2.75, 3.05) is 0 Å². The SMILES string of the molecule is CC(=O)CC(C)C(O)C(Oc1ccc(-c2ccc(Cl)cc2)cc1)(Oc1ccc(Cl)cc1Cl)n1cccc1. The molecule has 1 aromatic heterocycles. The smallest absolute Gasteiger partial charge is 0.369 e. The first-order chi connectivity index (χ1) is 17.7. The second-order valence-corrected chi connectivity index (χ2v) is 10.1. The highest BCUT2D eigenvalue weighted by molar-refractivity contribution is 6.35. The summed E-state index contributed by atoms with van der Waals surface area (Å²) in [5.41, 5.74) is 1.95. The molecule has 0 saturated heterocycles. The van der Waals surface area contributed by atoms with Gasteiger partial charge in [-0.1, -0.05) is 66.0 Å². The van der Waals surface area contributed by atoms with Crippen LogP contribution in [-0.2, 0) is 10.7 Å². The van der Waals surface area contributed by atoms with Crippen LogP contribution in [0.5, 0.6) is 11.5 Å². The summed E-state index contributed by atoms with van der Waals surface area (Å²) in [6.45, 7) is 3.25. The van der Waals surface area contributed by atoms with Crippen LogP contribution in [0.2, 0.25) is 15.1 Å². The van der Waals surface area contributed by atoms with Crippen LogP contribution in [0, 0.1) is 5.92 Å². The number of hydrogen-bond donors (Lipinski definition) is 1. The summed E-state index contributed by atoms with van der Waals surface area (Å²) < 4.78 is 14.5. The van der Waals surface area contributed by atoms with Crippen LogP contribution in [0.3, 0.4) is 0 Å². The summed E-state index contributed by atoms with van der Waals surface area (Å²) in [6, 6.07) is 23.3. The number of hydrogen-bond acceptors (Lipinski definition) is 4. The number of benzene rings is 3. The Morgan fingerprint density at radius 3 is 2.03 bits per heavy atom. The van der Waals surface area contributed by atoms with Crippen molar-refractivity contribution in [3.05, 3.63) is 106 Å². The average Bonchev–Trinajstić information content (AvgIpc) is 3.41. The van der Waals surface area contributed by atoms with E-state index in [1.165, 1.54) is 6.92 Å². The minimum Gasteiger partial charge on any atom is -0.433 e. The van der Waals surface area contributed by atoms with Crippen molar-refractivity contribution in [1.29, 1.82) is 0 Å². The van der Waals surface area contributed by atoms with Gasteiger partial charge in [-0.25, -0.2) is 0 Å². The van der Waals surface area contributed by atoms with Crippen LogP contribution in [0.1, 0.15) is 20.3 Å². The lowest BCUT2D eigenvalue weighted by Gasteiger charge is -2.41. The van der Waals surface area contributed by atoms with Gasteiger partial charge in [-0.15, -0.1) is 0 Å². The van der Waals surface area contributed by atoms with Crippen LogP contribution < -0.4 is 9.47 Å². The summed E-state index contributed by atoms with van der Waals surface area (Å²) in [6.07, 6.45) is 2.29. The zero-order valence-electron chi connectivity index (χ0n) is 20.3. The number of carbonyl (C=O) groups excluding carboxylic acids is 1. The summed E-state index contributed by atoms with van der Waals surface area (Å²) in [5, 5.41) is 13.0. The van der Waals surface area contributed by atoms with Gasteiger partial charge in [0.1, 0.15) is 17.3 Å². The zero-order chi connectivity index (χ0) is 26.6. The van der Waals surface area contributed by atoms with Gasteiger partial charge in [0.25, 0.3) is 0 Å². The van der Waals surface area contributed by atoms with Gasteiger partial charge in [0, 0.05) is 28.9 Å². The van der Waals surface area contributed by atoms with E-state index in [-0.39, 0.29) is 23.0 Å². The monoisotopic (exact) mass is 557 g/mol. The summed E-state index contributed by atoms with van der Waals surface area (Å²) >= 11 is 18.6. The first-order valence-corrected chi connectivity index (χ1v) is 12.8. The third-order valence-electron chi connectivity index (χ3n) is 5.93. The molecular weight excluding hydrogens is 533 g/mol. The molecule has 0 radical (unpaired) electrons. The molecule has 4 aromatic rings. The van der Waals surface area contributed by atoms with E-state index in [1.54, 1.807) is 66.3 Å². The molecule has 1 N–H and O–H groups in total. The Labute approximate surface area is 231 Å². The molecule has 192 valence electrons. The minimum absolute atomic E-state index is 0.0650. The third-order valence-corrected chi connectivity index (χ3v) is 6.72. The molecule has 0 saturated carbocycles. The predicted octanol–water partition coefficient (Wildman–Crippen LogP) is 7.86. The number of Topliss-reactive ketones (excluding diaryl/α,β-unsaturated/α-hetero) is 1. The molecule has 0 spiro atoms. The normalized spacial score (nSPS) is 14.4. The maximum atomic E-state index is 11.9. The van der Waals surface area contributed by atoms with Gasteiger partial charge in [-0.3, -0.25) is 4.57 Å². The molecule has 0 aliphatic heterocycles. The van der Waals surface area contributed by atoms with Gasteiger partial charge >= 0.3 is 5.91 Å². The molecule has 4 rings (SSSR count). The number of aliphatic hydroxyl groups is 1. The molecule has 0 fully saturated rings. The van der Waals surface area contributed by atoms with Gasteiger partial charge in [0.15, 0.2) is 6.10 Å². The molecule has 37 heavy (non-hydrogen) atoms. The van der Waals surface area contributed by atoms with Crippen molar-refractivity contribution in [1.82, 2.24) is 4.57 Å². The second kappa shape index (κ2) is 11.6. The topological polar surface area (TPSA) is 60.7 Å². The third kappa shape index (κ3) is 6.31.